The summed E-state index contributed by atoms with van der Waals surface area (Å²) in [6.45, 7) is 2.05. The molecule has 0 radical (unpaired) electrons. The molecular weight excluding hydrogens is 230 g/mol. The van der Waals surface area contributed by atoms with E-state index in [0.29, 0.717) is 0 Å². The van der Waals surface area contributed by atoms with E-state index >= 15 is 0 Å². The van der Waals surface area contributed by atoms with Gasteiger partial charge < -0.3 is 0 Å². The molecule has 0 saturated heterocycles. The molecule has 0 N–H and O–H groups in total. The fraction of sp³-hybridized carbons (Fsp3) is 0.308. The second-order valence-electron chi connectivity index (χ2n) is 4.36. The minimum absolute atomic E-state index is 0.282. The molecule has 1 aliphatic carbocycles. The number of hydrogen-bond donors (Lipinski definition) is 0. The molecular formula is C13H11N3S. The van der Waals surface area contributed by atoms with Crippen LogP contribution >= 0.6 is 11.3 Å². The molecule has 1 saturated carbocycles. The first-order chi connectivity index (χ1) is 8.25. The number of hydrogen-bond acceptors (Lipinski definition) is 4. The average Bonchev–Trinajstić information content (AvgIpc) is 3.08. The molecule has 4 heteroatoms. The van der Waals surface area contributed by atoms with Crippen molar-refractivity contribution < 1.29 is 0 Å². The van der Waals surface area contributed by atoms with E-state index in [0.717, 1.165) is 34.0 Å². The first kappa shape index (κ1) is 10.4. The maximum absolute atomic E-state index is 9.19. The number of rotatable bonds is 2. The number of nitrogens with zero attached hydrogens (tertiary/aromatic N) is 3. The number of pyridine rings is 1. The molecule has 84 valence electrons. The number of nitriles is 1. The molecule has 0 atom stereocenters. The molecule has 3 rings (SSSR count). The molecule has 0 spiro atoms. The molecule has 0 unspecified atom stereocenters. The van der Waals surface area contributed by atoms with Crippen LogP contribution in [0.25, 0.3) is 11.3 Å². The van der Waals surface area contributed by atoms with Gasteiger partial charge in [-0.3, -0.25) is 4.98 Å². The molecule has 1 aliphatic rings. The standard InChI is InChI=1S/C13H11N3S/c1-9-11(10-3-2-6-15-7-10)16-12(17-9)13(8-14)4-5-13/h2-3,6-7H,4-5H2,1H3. The summed E-state index contributed by atoms with van der Waals surface area (Å²) in [5, 5.41) is 10.2. The largest absolute Gasteiger partial charge is 0.264 e. The zero-order valence-corrected chi connectivity index (χ0v) is 10.3. The van der Waals surface area contributed by atoms with E-state index in [1.54, 1.807) is 17.5 Å². The third kappa shape index (κ3) is 1.63. The van der Waals surface area contributed by atoms with Crippen molar-refractivity contribution in [1.29, 1.82) is 5.26 Å². The van der Waals surface area contributed by atoms with E-state index in [9.17, 15) is 5.26 Å². The van der Waals surface area contributed by atoms with Crippen LogP contribution in [-0.2, 0) is 5.41 Å². The molecule has 17 heavy (non-hydrogen) atoms. The van der Waals surface area contributed by atoms with Crippen molar-refractivity contribution in [3.63, 3.8) is 0 Å². The van der Waals surface area contributed by atoms with Gasteiger partial charge in [-0.1, -0.05) is 0 Å². The van der Waals surface area contributed by atoms with E-state index in [2.05, 4.69) is 23.0 Å². The predicted molar refractivity (Wildman–Crippen MR) is 66.6 cm³/mol. The summed E-state index contributed by atoms with van der Waals surface area (Å²) < 4.78 is 0. The topological polar surface area (TPSA) is 49.6 Å². The second-order valence-corrected chi connectivity index (χ2v) is 5.56. The molecule has 1 fully saturated rings. The van der Waals surface area contributed by atoms with Crippen LogP contribution in [-0.4, -0.2) is 9.97 Å². The van der Waals surface area contributed by atoms with E-state index in [1.165, 1.54) is 0 Å². The first-order valence-corrected chi connectivity index (χ1v) is 6.36. The molecule has 2 aromatic heterocycles. The van der Waals surface area contributed by atoms with Crippen molar-refractivity contribution in [3.8, 4) is 17.3 Å². The Morgan fingerprint density at radius 1 is 1.47 bits per heavy atom. The Morgan fingerprint density at radius 3 is 2.88 bits per heavy atom. The fourth-order valence-corrected chi connectivity index (χ4v) is 3.00. The maximum atomic E-state index is 9.19. The van der Waals surface area contributed by atoms with Crippen molar-refractivity contribution in [2.75, 3.05) is 0 Å². The number of thiazole rings is 1. The Bertz CT molecular complexity index is 591. The van der Waals surface area contributed by atoms with Crippen LogP contribution in [0.2, 0.25) is 0 Å². The normalized spacial score (nSPS) is 16.5. The summed E-state index contributed by atoms with van der Waals surface area (Å²) in [7, 11) is 0. The number of aryl methyl sites for hydroxylation is 1. The summed E-state index contributed by atoms with van der Waals surface area (Å²) >= 11 is 1.64. The van der Waals surface area contributed by atoms with Crippen molar-refractivity contribution in [3.05, 3.63) is 34.4 Å². The number of aromatic nitrogens is 2. The fourth-order valence-electron chi connectivity index (χ4n) is 1.87. The SMILES string of the molecule is Cc1sc(C2(C#N)CC2)nc1-c1cccnc1. The molecule has 0 bridgehead atoms. The second kappa shape index (κ2) is 3.64. The zero-order valence-electron chi connectivity index (χ0n) is 9.47. The van der Waals surface area contributed by atoms with Gasteiger partial charge in [0, 0.05) is 22.8 Å². The van der Waals surface area contributed by atoms with Gasteiger partial charge in [0.05, 0.1) is 11.8 Å². The third-order valence-corrected chi connectivity index (χ3v) is 4.28. The predicted octanol–water partition coefficient (Wildman–Crippen LogP) is 3.07. The highest BCUT2D eigenvalue weighted by atomic mass is 32.1. The van der Waals surface area contributed by atoms with Crippen LogP contribution in [0.15, 0.2) is 24.5 Å². The van der Waals surface area contributed by atoms with E-state index in [1.807, 2.05) is 18.3 Å². The molecule has 0 aliphatic heterocycles. The lowest BCUT2D eigenvalue weighted by atomic mass is 10.1. The van der Waals surface area contributed by atoms with Gasteiger partial charge in [0.25, 0.3) is 0 Å². The molecule has 3 nitrogen and oxygen atoms in total. The minimum Gasteiger partial charge on any atom is -0.264 e. The van der Waals surface area contributed by atoms with Crippen LogP contribution in [0.1, 0.15) is 22.7 Å². The Morgan fingerprint density at radius 2 is 2.29 bits per heavy atom. The van der Waals surface area contributed by atoms with Gasteiger partial charge in [-0.05, 0) is 31.9 Å². The molecule has 0 aromatic carbocycles. The first-order valence-electron chi connectivity index (χ1n) is 5.55. The van der Waals surface area contributed by atoms with Crippen LogP contribution in [0.5, 0.6) is 0 Å². The van der Waals surface area contributed by atoms with E-state index in [-0.39, 0.29) is 5.41 Å². The Kier molecular flexibility index (Phi) is 2.23. The van der Waals surface area contributed by atoms with Gasteiger partial charge in [-0.15, -0.1) is 11.3 Å². The lowest BCUT2D eigenvalue weighted by Crippen LogP contribution is -2.01. The summed E-state index contributed by atoms with van der Waals surface area (Å²) in [5.41, 5.74) is 1.72. The van der Waals surface area contributed by atoms with Crippen molar-refractivity contribution in [2.45, 2.75) is 25.2 Å². The van der Waals surface area contributed by atoms with Gasteiger partial charge in [-0.25, -0.2) is 4.98 Å². The van der Waals surface area contributed by atoms with Gasteiger partial charge >= 0.3 is 0 Å². The smallest absolute Gasteiger partial charge is 0.114 e. The highest BCUT2D eigenvalue weighted by Crippen LogP contribution is 2.50. The summed E-state index contributed by atoms with van der Waals surface area (Å²) in [6.07, 6.45) is 5.47. The van der Waals surface area contributed by atoms with Crippen molar-refractivity contribution in [2.24, 2.45) is 0 Å². The molecule has 2 aromatic rings. The minimum atomic E-state index is -0.282. The molecule has 0 amide bonds. The Hall–Kier alpha value is -1.73. The van der Waals surface area contributed by atoms with Crippen molar-refractivity contribution in [1.82, 2.24) is 9.97 Å². The van der Waals surface area contributed by atoms with Gasteiger partial charge in [-0.2, -0.15) is 5.26 Å². The van der Waals surface area contributed by atoms with Crippen LogP contribution in [0.4, 0.5) is 0 Å². The van der Waals surface area contributed by atoms with Crippen LogP contribution < -0.4 is 0 Å². The third-order valence-electron chi connectivity index (χ3n) is 3.10. The Labute approximate surface area is 104 Å². The average molecular weight is 241 g/mol. The maximum Gasteiger partial charge on any atom is 0.114 e. The summed E-state index contributed by atoms with van der Waals surface area (Å²) in [5.74, 6) is 0. The lowest BCUT2D eigenvalue weighted by molar-refractivity contribution is 0.891. The highest BCUT2D eigenvalue weighted by molar-refractivity contribution is 7.12. The summed E-state index contributed by atoms with van der Waals surface area (Å²) in [4.78, 5) is 9.91. The Balaban J connectivity index is 2.06. The van der Waals surface area contributed by atoms with Gasteiger partial charge in [0.15, 0.2) is 0 Å². The highest BCUT2D eigenvalue weighted by Gasteiger charge is 2.48. The van der Waals surface area contributed by atoms with E-state index < -0.39 is 0 Å². The van der Waals surface area contributed by atoms with Crippen LogP contribution in [0, 0.1) is 18.3 Å². The lowest BCUT2D eigenvalue weighted by Gasteiger charge is -1.98. The molecule has 2 heterocycles. The zero-order chi connectivity index (χ0) is 11.9. The van der Waals surface area contributed by atoms with Crippen molar-refractivity contribution >= 4 is 11.3 Å². The van der Waals surface area contributed by atoms with Gasteiger partial charge in [0.2, 0.25) is 0 Å². The van der Waals surface area contributed by atoms with Gasteiger partial charge in [0.1, 0.15) is 10.4 Å². The van der Waals surface area contributed by atoms with Crippen LogP contribution in [0.3, 0.4) is 0 Å². The quantitative estimate of drug-likeness (QED) is 0.811. The summed E-state index contributed by atoms with van der Waals surface area (Å²) in [6, 6.07) is 6.31. The monoisotopic (exact) mass is 241 g/mol. The van der Waals surface area contributed by atoms with E-state index in [4.69, 9.17) is 0 Å².